The summed E-state index contributed by atoms with van der Waals surface area (Å²) >= 11 is 0. The van der Waals surface area contributed by atoms with Gasteiger partial charge in [-0.05, 0) is 12.8 Å². The van der Waals surface area contributed by atoms with Gasteiger partial charge >= 0.3 is 11.9 Å². The maximum atomic E-state index is 14.2. The third kappa shape index (κ3) is 5.07. The molecular weight excluding hydrogens is 250 g/mol. The average Bonchev–Trinajstić information content (AvgIpc) is 2.40. The molecule has 0 aliphatic carbocycles. The molecule has 0 bridgehead atoms. The molecular formula is C15H28F2O2. The normalized spacial score (nSPS) is 15.1. The van der Waals surface area contributed by atoms with Crippen LogP contribution in [0.25, 0.3) is 0 Å². The summed E-state index contributed by atoms with van der Waals surface area (Å²) in [5.41, 5.74) is -1.29. The fraction of sp³-hybridized carbons (Fsp3) is 0.933. The van der Waals surface area contributed by atoms with Crippen LogP contribution in [0.2, 0.25) is 0 Å². The maximum absolute atomic E-state index is 14.2. The summed E-state index contributed by atoms with van der Waals surface area (Å²) in [5, 5.41) is 0. The molecule has 0 aliphatic heterocycles. The SMILES string of the molecule is CCCCCCC(C)(CCCC)C(F)(F)C(=O)OC. The summed E-state index contributed by atoms with van der Waals surface area (Å²) in [6.45, 7) is 5.57. The molecule has 0 heterocycles. The van der Waals surface area contributed by atoms with Crippen molar-refractivity contribution in [3.63, 3.8) is 0 Å². The van der Waals surface area contributed by atoms with Gasteiger partial charge in [0, 0.05) is 5.41 Å². The zero-order valence-electron chi connectivity index (χ0n) is 12.7. The molecule has 0 fully saturated rings. The molecule has 0 aromatic carbocycles. The van der Waals surface area contributed by atoms with Crippen LogP contribution in [0.15, 0.2) is 0 Å². The Kier molecular flexibility index (Phi) is 8.19. The molecule has 2 nitrogen and oxygen atoms in total. The van der Waals surface area contributed by atoms with Crippen molar-refractivity contribution >= 4 is 5.97 Å². The fourth-order valence-corrected chi connectivity index (χ4v) is 2.32. The predicted octanol–water partition coefficient (Wildman–Crippen LogP) is 4.96. The van der Waals surface area contributed by atoms with Gasteiger partial charge in [-0.1, -0.05) is 59.3 Å². The quantitative estimate of drug-likeness (QED) is 0.417. The number of ether oxygens (including phenoxy) is 1. The van der Waals surface area contributed by atoms with Crippen LogP contribution in [0, 0.1) is 5.41 Å². The molecule has 19 heavy (non-hydrogen) atoms. The van der Waals surface area contributed by atoms with Gasteiger partial charge < -0.3 is 4.74 Å². The lowest BCUT2D eigenvalue weighted by Crippen LogP contribution is -2.46. The highest BCUT2D eigenvalue weighted by atomic mass is 19.3. The highest BCUT2D eigenvalue weighted by Gasteiger charge is 2.55. The van der Waals surface area contributed by atoms with Crippen LogP contribution in [-0.4, -0.2) is 19.0 Å². The van der Waals surface area contributed by atoms with Gasteiger partial charge in [0.2, 0.25) is 0 Å². The van der Waals surface area contributed by atoms with Gasteiger partial charge in [-0.25, -0.2) is 4.79 Å². The standard InChI is InChI=1S/C15H28F2O2/c1-5-7-9-10-12-14(3,11-8-6-2)15(16,17)13(18)19-4/h5-12H2,1-4H3. The minimum Gasteiger partial charge on any atom is -0.465 e. The topological polar surface area (TPSA) is 26.3 Å². The molecule has 4 heteroatoms. The van der Waals surface area contributed by atoms with E-state index in [1.165, 1.54) is 6.92 Å². The zero-order chi connectivity index (χ0) is 14.9. The number of rotatable bonds is 10. The van der Waals surface area contributed by atoms with Crippen molar-refractivity contribution in [1.82, 2.24) is 0 Å². The van der Waals surface area contributed by atoms with Gasteiger partial charge in [-0.2, -0.15) is 8.78 Å². The van der Waals surface area contributed by atoms with Crippen molar-refractivity contribution in [3.05, 3.63) is 0 Å². The molecule has 1 unspecified atom stereocenters. The van der Waals surface area contributed by atoms with Crippen molar-refractivity contribution in [2.75, 3.05) is 7.11 Å². The van der Waals surface area contributed by atoms with E-state index < -0.39 is 17.3 Å². The highest BCUT2D eigenvalue weighted by molar-refractivity contribution is 5.78. The minimum atomic E-state index is -3.40. The Morgan fingerprint density at radius 1 is 1.00 bits per heavy atom. The molecule has 0 N–H and O–H groups in total. The second-order valence-corrected chi connectivity index (χ2v) is 5.54. The van der Waals surface area contributed by atoms with Crippen LogP contribution in [0.3, 0.4) is 0 Å². The van der Waals surface area contributed by atoms with E-state index in [0.29, 0.717) is 19.3 Å². The number of alkyl halides is 2. The molecule has 114 valence electrons. The van der Waals surface area contributed by atoms with E-state index in [0.717, 1.165) is 39.2 Å². The first kappa shape index (κ1) is 18.3. The van der Waals surface area contributed by atoms with E-state index in [2.05, 4.69) is 11.7 Å². The summed E-state index contributed by atoms with van der Waals surface area (Å²) in [6.07, 6.45) is 6.08. The maximum Gasteiger partial charge on any atom is 0.377 e. The first-order chi connectivity index (χ1) is 8.85. The number of carbonyl (C=O) groups is 1. The van der Waals surface area contributed by atoms with Gasteiger partial charge in [0.05, 0.1) is 7.11 Å². The second-order valence-electron chi connectivity index (χ2n) is 5.54. The molecule has 0 aliphatic rings. The fourth-order valence-electron chi connectivity index (χ4n) is 2.32. The van der Waals surface area contributed by atoms with E-state index in [1.54, 1.807) is 0 Å². The number of carbonyl (C=O) groups excluding carboxylic acids is 1. The lowest BCUT2D eigenvalue weighted by molar-refractivity contribution is -0.192. The van der Waals surface area contributed by atoms with Crippen LogP contribution < -0.4 is 0 Å². The van der Waals surface area contributed by atoms with Gasteiger partial charge in [0.1, 0.15) is 0 Å². The number of unbranched alkanes of at least 4 members (excludes halogenated alkanes) is 4. The smallest absolute Gasteiger partial charge is 0.377 e. The van der Waals surface area contributed by atoms with Crippen LogP contribution >= 0.6 is 0 Å². The van der Waals surface area contributed by atoms with Gasteiger partial charge in [-0.15, -0.1) is 0 Å². The van der Waals surface area contributed by atoms with E-state index in [4.69, 9.17) is 0 Å². The van der Waals surface area contributed by atoms with Gasteiger partial charge in [-0.3, -0.25) is 0 Å². The molecule has 0 spiro atoms. The van der Waals surface area contributed by atoms with Crippen molar-refractivity contribution in [3.8, 4) is 0 Å². The third-order valence-electron chi connectivity index (χ3n) is 3.86. The van der Waals surface area contributed by atoms with E-state index in [-0.39, 0.29) is 0 Å². The van der Waals surface area contributed by atoms with Gasteiger partial charge in [0.25, 0.3) is 0 Å². The molecule has 0 aromatic rings. The van der Waals surface area contributed by atoms with Crippen molar-refractivity contribution in [1.29, 1.82) is 0 Å². The van der Waals surface area contributed by atoms with Crippen LogP contribution in [0.1, 0.15) is 72.1 Å². The predicted molar refractivity (Wildman–Crippen MR) is 73.4 cm³/mol. The first-order valence-corrected chi connectivity index (χ1v) is 7.32. The van der Waals surface area contributed by atoms with Crippen LogP contribution in [0.4, 0.5) is 8.78 Å². The van der Waals surface area contributed by atoms with Gasteiger partial charge in [0.15, 0.2) is 0 Å². The Hall–Kier alpha value is -0.670. The minimum absolute atomic E-state index is 0.359. The van der Waals surface area contributed by atoms with E-state index in [1.807, 2.05) is 6.92 Å². The molecule has 0 saturated heterocycles. The lowest BCUT2D eigenvalue weighted by Gasteiger charge is -2.35. The first-order valence-electron chi connectivity index (χ1n) is 7.32. The molecule has 0 amide bonds. The van der Waals surface area contributed by atoms with E-state index >= 15 is 0 Å². The summed E-state index contributed by atoms with van der Waals surface area (Å²) < 4.78 is 32.7. The average molecular weight is 278 g/mol. The largest absolute Gasteiger partial charge is 0.465 e. The molecule has 1 atom stereocenters. The molecule has 0 radical (unpaired) electrons. The number of hydrogen-bond donors (Lipinski definition) is 0. The third-order valence-corrected chi connectivity index (χ3v) is 3.86. The monoisotopic (exact) mass is 278 g/mol. The summed E-state index contributed by atoms with van der Waals surface area (Å²) in [4.78, 5) is 11.4. The Balaban J connectivity index is 4.78. The van der Waals surface area contributed by atoms with Crippen molar-refractivity contribution < 1.29 is 18.3 Å². The summed E-state index contributed by atoms with van der Waals surface area (Å²) in [6, 6.07) is 0. The summed E-state index contributed by atoms with van der Waals surface area (Å²) in [5.74, 6) is -4.80. The molecule has 0 aromatic heterocycles. The van der Waals surface area contributed by atoms with Crippen molar-refractivity contribution in [2.45, 2.75) is 78.1 Å². The van der Waals surface area contributed by atoms with Crippen molar-refractivity contribution in [2.24, 2.45) is 5.41 Å². The van der Waals surface area contributed by atoms with E-state index in [9.17, 15) is 13.6 Å². The Morgan fingerprint density at radius 2 is 1.53 bits per heavy atom. The second kappa shape index (κ2) is 8.49. The van der Waals surface area contributed by atoms with Crippen LogP contribution in [-0.2, 0) is 9.53 Å². The lowest BCUT2D eigenvalue weighted by atomic mass is 9.74. The Labute approximate surface area is 115 Å². The number of hydrogen-bond acceptors (Lipinski definition) is 2. The molecule has 0 rings (SSSR count). The number of methoxy groups -OCH3 is 1. The highest BCUT2D eigenvalue weighted by Crippen LogP contribution is 2.45. The Morgan fingerprint density at radius 3 is 2.00 bits per heavy atom. The summed E-state index contributed by atoms with van der Waals surface area (Å²) in [7, 11) is 1.02. The Bertz CT molecular complexity index is 267. The number of halogens is 2. The van der Waals surface area contributed by atoms with Crippen LogP contribution in [0.5, 0.6) is 0 Å². The number of esters is 1. The molecule has 0 saturated carbocycles. The zero-order valence-corrected chi connectivity index (χ0v) is 12.7.